The van der Waals surface area contributed by atoms with E-state index in [4.69, 9.17) is 0 Å². The van der Waals surface area contributed by atoms with Crippen LogP contribution in [-0.4, -0.2) is 11.6 Å². The minimum absolute atomic E-state index is 0.167. The predicted molar refractivity (Wildman–Crippen MR) is 66.3 cm³/mol. The van der Waals surface area contributed by atoms with E-state index in [1.54, 1.807) is 6.08 Å². The molecule has 1 saturated carbocycles. The van der Waals surface area contributed by atoms with Gasteiger partial charge in [-0.05, 0) is 36.2 Å². The van der Waals surface area contributed by atoms with Crippen LogP contribution in [0.5, 0.6) is 0 Å². The standard InChI is InChI=1S/C13H15BrO2/c1-9(14)8-13-6-5-11(15)7-10(13)3-2-4-12(13)16/h7H,1-6,8H2/t13-/m1/s1. The maximum absolute atomic E-state index is 12.2. The zero-order chi connectivity index (χ0) is 11.8. The molecule has 0 radical (unpaired) electrons. The van der Waals surface area contributed by atoms with E-state index in [1.165, 1.54) is 0 Å². The summed E-state index contributed by atoms with van der Waals surface area (Å²) in [5.74, 6) is 0.457. The van der Waals surface area contributed by atoms with E-state index in [1.807, 2.05) is 0 Å². The summed E-state index contributed by atoms with van der Waals surface area (Å²) in [5, 5.41) is 0. The summed E-state index contributed by atoms with van der Waals surface area (Å²) in [6, 6.07) is 0. The van der Waals surface area contributed by atoms with Crippen LogP contribution < -0.4 is 0 Å². The fourth-order valence-corrected chi connectivity index (χ4v) is 3.32. The molecule has 0 aliphatic heterocycles. The number of halogens is 1. The van der Waals surface area contributed by atoms with Gasteiger partial charge >= 0.3 is 0 Å². The first kappa shape index (κ1) is 11.8. The largest absolute Gasteiger partial charge is 0.299 e. The van der Waals surface area contributed by atoms with Crippen LogP contribution in [0.1, 0.15) is 38.5 Å². The zero-order valence-corrected chi connectivity index (χ0v) is 10.8. The Labute approximate surface area is 104 Å². The second-order valence-corrected chi connectivity index (χ2v) is 5.81. The third kappa shape index (κ3) is 1.93. The molecule has 1 atom stereocenters. The van der Waals surface area contributed by atoms with E-state index < -0.39 is 5.41 Å². The maximum Gasteiger partial charge on any atom is 0.155 e. The summed E-state index contributed by atoms with van der Waals surface area (Å²) in [6.45, 7) is 3.84. The lowest BCUT2D eigenvalue weighted by Crippen LogP contribution is -2.39. The van der Waals surface area contributed by atoms with E-state index in [9.17, 15) is 9.59 Å². The fourth-order valence-electron chi connectivity index (χ4n) is 2.84. The third-order valence-corrected chi connectivity index (χ3v) is 3.91. The molecular formula is C13H15BrO2. The monoisotopic (exact) mass is 282 g/mol. The highest BCUT2D eigenvalue weighted by Gasteiger charge is 2.45. The van der Waals surface area contributed by atoms with Gasteiger partial charge < -0.3 is 0 Å². The normalized spacial score (nSPS) is 29.7. The summed E-state index contributed by atoms with van der Waals surface area (Å²) >= 11 is 3.35. The Morgan fingerprint density at radius 2 is 2.12 bits per heavy atom. The lowest BCUT2D eigenvalue weighted by atomic mass is 9.62. The minimum atomic E-state index is -0.410. The molecule has 0 aromatic carbocycles. The van der Waals surface area contributed by atoms with Gasteiger partial charge in [0.1, 0.15) is 5.78 Å². The summed E-state index contributed by atoms with van der Waals surface area (Å²) in [4.78, 5) is 23.6. The highest BCUT2D eigenvalue weighted by Crippen LogP contribution is 2.49. The molecule has 0 N–H and O–H groups in total. The van der Waals surface area contributed by atoms with Gasteiger partial charge in [0, 0.05) is 12.8 Å². The second kappa shape index (κ2) is 4.28. The SMILES string of the molecule is C=C(Br)C[C@]12CCC(=O)C=C1CCCC2=O. The highest BCUT2D eigenvalue weighted by molar-refractivity contribution is 9.11. The van der Waals surface area contributed by atoms with Gasteiger partial charge in [-0.15, -0.1) is 0 Å². The van der Waals surface area contributed by atoms with Crippen molar-refractivity contribution in [3.8, 4) is 0 Å². The predicted octanol–water partition coefficient (Wildman–Crippen LogP) is 3.31. The molecule has 0 saturated heterocycles. The third-order valence-electron chi connectivity index (χ3n) is 3.63. The average molecular weight is 283 g/mol. The van der Waals surface area contributed by atoms with Crippen LogP contribution in [0.3, 0.4) is 0 Å². The number of hydrogen-bond donors (Lipinski definition) is 0. The molecule has 2 aliphatic rings. The molecule has 0 unspecified atom stereocenters. The topological polar surface area (TPSA) is 34.1 Å². The Morgan fingerprint density at radius 1 is 1.38 bits per heavy atom. The molecular weight excluding hydrogens is 268 g/mol. The zero-order valence-electron chi connectivity index (χ0n) is 9.22. The van der Waals surface area contributed by atoms with Crippen molar-refractivity contribution in [2.75, 3.05) is 0 Å². The van der Waals surface area contributed by atoms with E-state index in [0.717, 1.165) is 22.9 Å². The number of fused-ring (bicyclic) bond motifs is 1. The molecule has 2 aliphatic carbocycles. The Kier molecular flexibility index (Phi) is 3.15. The van der Waals surface area contributed by atoms with E-state index in [0.29, 0.717) is 25.7 Å². The van der Waals surface area contributed by atoms with E-state index >= 15 is 0 Å². The van der Waals surface area contributed by atoms with Crippen molar-refractivity contribution in [3.05, 3.63) is 22.7 Å². The molecule has 86 valence electrons. The molecule has 0 spiro atoms. The van der Waals surface area contributed by atoms with E-state index in [-0.39, 0.29) is 11.6 Å². The van der Waals surface area contributed by atoms with Gasteiger partial charge in [0.25, 0.3) is 0 Å². The molecule has 1 fully saturated rings. The number of carbonyl (C=O) groups excluding carboxylic acids is 2. The number of allylic oxidation sites excluding steroid dienone is 3. The van der Waals surface area contributed by atoms with Crippen LogP contribution in [0.4, 0.5) is 0 Å². The molecule has 2 rings (SSSR count). The quantitative estimate of drug-likeness (QED) is 0.779. The van der Waals surface area contributed by atoms with Crippen molar-refractivity contribution in [2.24, 2.45) is 5.41 Å². The lowest BCUT2D eigenvalue weighted by Gasteiger charge is -2.40. The van der Waals surface area contributed by atoms with Crippen LogP contribution in [0.25, 0.3) is 0 Å². The Hall–Kier alpha value is -0.700. The lowest BCUT2D eigenvalue weighted by molar-refractivity contribution is -0.129. The highest BCUT2D eigenvalue weighted by atomic mass is 79.9. The number of ketones is 2. The van der Waals surface area contributed by atoms with Gasteiger partial charge in [-0.1, -0.05) is 28.1 Å². The van der Waals surface area contributed by atoms with Crippen molar-refractivity contribution in [1.29, 1.82) is 0 Å². The molecule has 0 heterocycles. The second-order valence-electron chi connectivity index (χ2n) is 4.69. The smallest absolute Gasteiger partial charge is 0.155 e. The molecule has 0 aromatic rings. The molecule has 0 aromatic heterocycles. The van der Waals surface area contributed by atoms with Gasteiger partial charge in [0.15, 0.2) is 5.78 Å². The molecule has 3 heteroatoms. The van der Waals surface area contributed by atoms with Gasteiger partial charge in [-0.3, -0.25) is 9.59 Å². The van der Waals surface area contributed by atoms with Crippen molar-refractivity contribution < 1.29 is 9.59 Å². The van der Waals surface area contributed by atoms with Crippen molar-refractivity contribution in [3.63, 3.8) is 0 Å². The number of Topliss-reactive ketones (excluding diaryl/α,β-unsaturated/α-hetero) is 1. The Balaban J connectivity index is 2.41. The average Bonchev–Trinajstić information content (AvgIpc) is 2.20. The maximum atomic E-state index is 12.2. The summed E-state index contributed by atoms with van der Waals surface area (Å²) < 4.78 is 0.850. The van der Waals surface area contributed by atoms with Gasteiger partial charge in [-0.2, -0.15) is 0 Å². The number of rotatable bonds is 2. The van der Waals surface area contributed by atoms with Crippen LogP contribution in [0.2, 0.25) is 0 Å². The minimum Gasteiger partial charge on any atom is -0.299 e. The number of hydrogen-bond acceptors (Lipinski definition) is 2. The van der Waals surface area contributed by atoms with Crippen LogP contribution in [0, 0.1) is 5.41 Å². The first-order valence-electron chi connectivity index (χ1n) is 5.65. The summed E-state index contributed by atoms with van der Waals surface area (Å²) in [5.41, 5.74) is 0.632. The molecule has 2 nitrogen and oxygen atoms in total. The first-order valence-corrected chi connectivity index (χ1v) is 6.44. The Bertz CT molecular complexity index is 395. The van der Waals surface area contributed by atoms with Crippen molar-refractivity contribution in [2.45, 2.75) is 38.5 Å². The van der Waals surface area contributed by atoms with Crippen LogP contribution in [-0.2, 0) is 9.59 Å². The molecule has 16 heavy (non-hydrogen) atoms. The van der Waals surface area contributed by atoms with Gasteiger partial charge in [0.05, 0.1) is 5.41 Å². The van der Waals surface area contributed by atoms with Crippen molar-refractivity contribution in [1.82, 2.24) is 0 Å². The van der Waals surface area contributed by atoms with Crippen molar-refractivity contribution >= 4 is 27.5 Å². The Morgan fingerprint density at radius 3 is 2.81 bits per heavy atom. The fraction of sp³-hybridized carbons (Fsp3) is 0.538. The number of carbonyl (C=O) groups is 2. The van der Waals surface area contributed by atoms with Crippen LogP contribution >= 0.6 is 15.9 Å². The van der Waals surface area contributed by atoms with Crippen LogP contribution in [0.15, 0.2) is 22.7 Å². The summed E-state index contributed by atoms with van der Waals surface area (Å²) in [6.07, 6.45) is 5.93. The summed E-state index contributed by atoms with van der Waals surface area (Å²) in [7, 11) is 0. The van der Waals surface area contributed by atoms with E-state index in [2.05, 4.69) is 22.5 Å². The molecule has 0 amide bonds. The van der Waals surface area contributed by atoms with Gasteiger partial charge in [-0.25, -0.2) is 0 Å². The van der Waals surface area contributed by atoms with Gasteiger partial charge in [0.2, 0.25) is 0 Å². The molecule has 0 bridgehead atoms. The first-order chi connectivity index (χ1) is 7.54.